The molecule has 1 saturated carbocycles. The maximum atomic E-state index is 14.4. The first-order valence-corrected chi connectivity index (χ1v) is 6.70. The molecule has 1 heterocycles. The van der Waals surface area contributed by atoms with Gasteiger partial charge >= 0.3 is 5.97 Å². The Morgan fingerprint density at radius 3 is 2.76 bits per heavy atom. The van der Waals surface area contributed by atoms with Crippen LogP contribution in [0.25, 0.3) is 0 Å². The first kappa shape index (κ1) is 14.0. The van der Waals surface area contributed by atoms with E-state index in [9.17, 15) is 18.4 Å². The third-order valence-corrected chi connectivity index (χ3v) is 4.35. The van der Waals surface area contributed by atoms with Crippen LogP contribution >= 0.6 is 0 Å². The van der Waals surface area contributed by atoms with Crippen LogP contribution < -0.4 is 0 Å². The number of carbonyl (C=O) groups excluding carboxylic acids is 2. The van der Waals surface area contributed by atoms with Crippen LogP contribution in [0.5, 0.6) is 0 Å². The number of hydrogen-bond acceptors (Lipinski definition) is 3. The predicted octanol–water partition coefficient (Wildman–Crippen LogP) is 1.74. The second-order valence-electron chi connectivity index (χ2n) is 5.68. The summed E-state index contributed by atoms with van der Waals surface area (Å²) in [5, 5.41) is 0. The first-order chi connectivity index (χ1) is 9.90. The molecule has 0 aromatic heterocycles. The van der Waals surface area contributed by atoms with Gasteiger partial charge in [0, 0.05) is 17.7 Å². The molecule has 0 bridgehead atoms. The van der Waals surface area contributed by atoms with E-state index in [1.807, 2.05) is 0 Å². The quantitative estimate of drug-likeness (QED) is 0.781. The molecule has 1 aromatic rings. The molecule has 2 aliphatic rings. The minimum Gasteiger partial charge on any atom is -0.468 e. The van der Waals surface area contributed by atoms with Crippen LogP contribution in [-0.4, -0.2) is 43.1 Å². The molecule has 1 unspecified atom stereocenters. The van der Waals surface area contributed by atoms with Crippen LogP contribution in [0.2, 0.25) is 0 Å². The molecule has 1 fully saturated rings. The van der Waals surface area contributed by atoms with Crippen molar-refractivity contribution < 1.29 is 23.1 Å². The summed E-state index contributed by atoms with van der Waals surface area (Å²) in [5.41, 5.74) is -0.302. The molecule has 3 rings (SSSR count). The Bertz CT molecular complexity index is 646. The highest BCUT2D eigenvalue weighted by atomic mass is 19.1. The van der Waals surface area contributed by atoms with Crippen molar-refractivity contribution in [1.29, 1.82) is 0 Å². The Morgan fingerprint density at radius 2 is 2.19 bits per heavy atom. The van der Waals surface area contributed by atoms with E-state index in [0.717, 1.165) is 0 Å². The number of alkyl halides is 1. The second-order valence-corrected chi connectivity index (χ2v) is 5.68. The number of ether oxygens (including phenoxy) is 1. The fourth-order valence-electron chi connectivity index (χ4n) is 3.04. The number of esters is 1. The van der Waals surface area contributed by atoms with Crippen LogP contribution in [0.15, 0.2) is 12.1 Å². The van der Waals surface area contributed by atoms with Gasteiger partial charge in [0.2, 0.25) is 0 Å². The van der Waals surface area contributed by atoms with Crippen molar-refractivity contribution in [3.63, 3.8) is 0 Å². The minimum atomic E-state index is -1.19. The van der Waals surface area contributed by atoms with Gasteiger partial charge in [-0.05, 0) is 25.0 Å². The van der Waals surface area contributed by atoms with Crippen molar-refractivity contribution in [2.75, 3.05) is 20.2 Å². The lowest BCUT2D eigenvalue weighted by Crippen LogP contribution is -2.47. The highest BCUT2D eigenvalue weighted by molar-refractivity contribution is 5.99. The summed E-state index contributed by atoms with van der Waals surface area (Å²) in [6.45, 7) is 1.35. The lowest BCUT2D eigenvalue weighted by atomic mass is 9.84. The summed E-state index contributed by atoms with van der Waals surface area (Å²) in [6.07, 6.45) is -1.02. The summed E-state index contributed by atoms with van der Waals surface area (Å²) in [6, 6.07) is 3.00. The van der Waals surface area contributed by atoms with Gasteiger partial charge in [-0.2, -0.15) is 0 Å². The summed E-state index contributed by atoms with van der Waals surface area (Å²) in [7, 11) is 1.22. The summed E-state index contributed by atoms with van der Waals surface area (Å²) in [4.78, 5) is 25.0. The molecule has 1 amide bonds. The predicted molar refractivity (Wildman–Crippen MR) is 70.2 cm³/mol. The normalized spacial score (nSPS) is 26.8. The van der Waals surface area contributed by atoms with Gasteiger partial charge in [-0.1, -0.05) is 6.07 Å². The molecule has 112 valence electrons. The number of methoxy groups -OCH3 is 1. The maximum absolute atomic E-state index is 14.4. The Balaban J connectivity index is 2.07. The fourth-order valence-corrected chi connectivity index (χ4v) is 3.04. The van der Waals surface area contributed by atoms with E-state index in [2.05, 4.69) is 4.74 Å². The zero-order valence-corrected chi connectivity index (χ0v) is 11.8. The highest BCUT2D eigenvalue weighted by Gasteiger charge is 2.62. The number of benzene rings is 1. The number of rotatable bonds is 2. The smallest absolute Gasteiger partial charge is 0.325 e. The SMILES string of the molecule is COC(=O)CN1C[C@]2(CC2F)c2c(ccc(C)c2F)C1=O. The topological polar surface area (TPSA) is 46.6 Å². The molecule has 0 N–H and O–H groups in total. The van der Waals surface area contributed by atoms with Crippen molar-refractivity contribution >= 4 is 11.9 Å². The minimum absolute atomic E-state index is 0.00940. The third kappa shape index (κ3) is 1.92. The Kier molecular flexibility index (Phi) is 3.00. The van der Waals surface area contributed by atoms with Crippen molar-refractivity contribution in [2.24, 2.45) is 0 Å². The number of hydrogen-bond donors (Lipinski definition) is 0. The van der Waals surface area contributed by atoms with Gasteiger partial charge < -0.3 is 9.64 Å². The molecule has 21 heavy (non-hydrogen) atoms. The summed E-state index contributed by atoms with van der Waals surface area (Å²) in [5.74, 6) is -1.55. The van der Waals surface area contributed by atoms with E-state index in [1.165, 1.54) is 24.1 Å². The Morgan fingerprint density at radius 1 is 1.52 bits per heavy atom. The highest BCUT2D eigenvalue weighted by Crippen LogP contribution is 2.55. The van der Waals surface area contributed by atoms with Crippen molar-refractivity contribution in [1.82, 2.24) is 4.90 Å². The number of carbonyl (C=O) groups is 2. The standard InChI is InChI=1S/C15H15F2NO3/c1-8-3-4-9-12(13(8)17)15(5-10(15)16)7-18(14(9)20)6-11(19)21-2/h3-4,10H,5-7H2,1-2H3/t10?,15-/m0/s1. The maximum Gasteiger partial charge on any atom is 0.325 e. The van der Waals surface area contributed by atoms with Crippen molar-refractivity contribution in [3.05, 3.63) is 34.6 Å². The molecule has 0 radical (unpaired) electrons. The van der Waals surface area contributed by atoms with E-state index >= 15 is 0 Å². The molecule has 0 saturated heterocycles. The van der Waals surface area contributed by atoms with Crippen LogP contribution in [0, 0.1) is 12.7 Å². The molecule has 4 nitrogen and oxygen atoms in total. The van der Waals surface area contributed by atoms with Gasteiger partial charge in [-0.3, -0.25) is 9.59 Å². The van der Waals surface area contributed by atoms with E-state index in [-0.39, 0.29) is 30.6 Å². The van der Waals surface area contributed by atoms with Gasteiger partial charge in [0.15, 0.2) is 0 Å². The molecule has 1 aliphatic carbocycles. The first-order valence-electron chi connectivity index (χ1n) is 6.70. The number of amides is 1. The van der Waals surface area contributed by atoms with Crippen LogP contribution in [0.3, 0.4) is 0 Å². The van der Waals surface area contributed by atoms with Gasteiger partial charge in [0.1, 0.15) is 18.5 Å². The second kappa shape index (κ2) is 4.51. The number of aryl methyl sites for hydroxylation is 1. The van der Waals surface area contributed by atoms with Crippen LogP contribution in [0.1, 0.15) is 27.9 Å². The number of fused-ring (bicyclic) bond motifs is 2. The van der Waals surface area contributed by atoms with E-state index in [0.29, 0.717) is 5.56 Å². The molecular weight excluding hydrogens is 280 g/mol. The molecule has 1 aromatic carbocycles. The average molecular weight is 295 g/mol. The van der Waals surface area contributed by atoms with Crippen molar-refractivity contribution in [3.8, 4) is 0 Å². The molecule has 1 spiro atoms. The van der Waals surface area contributed by atoms with Crippen LogP contribution in [0.4, 0.5) is 8.78 Å². The zero-order chi connectivity index (χ0) is 15.4. The lowest BCUT2D eigenvalue weighted by Gasteiger charge is -2.34. The monoisotopic (exact) mass is 295 g/mol. The zero-order valence-electron chi connectivity index (χ0n) is 11.8. The molecule has 6 heteroatoms. The molecule has 1 aliphatic heterocycles. The number of nitrogens with zero attached hydrogens (tertiary/aromatic N) is 1. The van der Waals surface area contributed by atoms with E-state index in [4.69, 9.17) is 0 Å². The lowest BCUT2D eigenvalue weighted by molar-refractivity contribution is -0.141. The summed E-state index contributed by atoms with van der Waals surface area (Å²) >= 11 is 0. The molecule has 2 atom stereocenters. The number of halogens is 2. The van der Waals surface area contributed by atoms with E-state index < -0.39 is 29.3 Å². The fraction of sp³-hybridized carbons (Fsp3) is 0.467. The largest absolute Gasteiger partial charge is 0.468 e. The molecular formula is C15H15F2NO3. The van der Waals surface area contributed by atoms with Gasteiger partial charge in [-0.25, -0.2) is 8.78 Å². The third-order valence-electron chi connectivity index (χ3n) is 4.35. The summed E-state index contributed by atoms with van der Waals surface area (Å²) < 4.78 is 32.9. The van der Waals surface area contributed by atoms with E-state index in [1.54, 1.807) is 6.92 Å². The van der Waals surface area contributed by atoms with Gasteiger partial charge in [-0.15, -0.1) is 0 Å². The average Bonchev–Trinajstić information content (AvgIpc) is 3.09. The van der Waals surface area contributed by atoms with Crippen LogP contribution in [-0.2, 0) is 14.9 Å². The van der Waals surface area contributed by atoms with Crippen molar-refractivity contribution in [2.45, 2.75) is 24.9 Å². The van der Waals surface area contributed by atoms with Gasteiger partial charge in [0.25, 0.3) is 5.91 Å². The van der Waals surface area contributed by atoms with Gasteiger partial charge in [0.05, 0.1) is 12.5 Å². The Hall–Kier alpha value is -1.98. The Labute approximate surface area is 120 Å².